The minimum Gasteiger partial charge on any atom is -0.453 e. The molecule has 0 amide bonds. The van der Waals surface area contributed by atoms with Gasteiger partial charge >= 0.3 is 11.9 Å². The van der Waals surface area contributed by atoms with Gasteiger partial charge in [-0.1, -0.05) is 0 Å². The second-order valence-corrected chi connectivity index (χ2v) is 2.69. The third kappa shape index (κ3) is 0.759. The van der Waals surface area contributed by atoms with Crippen molar-refractivity contribution in [2.24, 2.45) is 0 Å². The van der Waals surface area contributed by atoms with E-state index < -0.39 is 36.4 Å². The quantitative estimate of drug-likeness (QED) is 0.396. The third-order valence-electron chi connectivity index (χ3n) is 1.93. The van der Waals surface area contributed by atoms with E-state index in [2.05, 4.69) is 9.47 Å². The Labute approximate surface area is 66.7 Å². The highest BCUT2D eigenvalue weighted by Crippen LogP contribution is 2.28. The molecule has 0 spiro atoms. The molecular weight excluding hydrogens is 168 g/mol. The number of rotatable bonds is 0. The van der Waals surface area contributed by atoms with Crippen LogP contribution in [0.25, 0.3) is 0 Å². The van der Waals surface area contributed by atoms with Crippen LogP contribution in [0.15, 0.2) is 0 Å². The molecule has 2 N–H and O–H groups in total. The van der Waals surface area contributed by atoms with E-state index in [1.807, 2.05) is 0 Å². The van der Waals surface area contributed by atoms with Crippen LogP contribution in [0, 0.1) is 0 Å². The molecule has 0 aromatic heterocycles. The molecule has 2 saturated heterocycles. The zero-order valence-corrected chi connectivity index (χ0v) is 5.84. The van der Waals surface area contributed by atoms with Crippen molar-refractivity contribution in [1.29, 1.82) is 0 Å². The Morgan fingerprint density at radius 2 is 1.25 bits per heavy atom. The van der Waals surface area contributed by atoms with Gasteiger partial charge in [-0.15, -0.1) is 0 Å². The summed E-state index contributed by atoms with van der Waals surface area (Å²) in [5.41, 5.74) is 0. The minimum absolute atomic E-state index is 0.864. The summed E-state index contributed by atoms with van der Waals surface area (Å²) in [6, 6.07) is 0. The third-order valence-corrected chi connectivity index (χ3v) is 1.93. The van der Waals surface area contributed by atoms with Gasteiger partial charge in [-0.05, 0) is 0 Å². The average Bonchev–Trinajstić information content (AvgIpc) is 2.43. The topological polar surface area (TPSA) is 93.1 Å². The summed E-state index contributed by atoms with van der Waals surface area (Å²) in [6.07, 6.45) is -5.01. The Balaban J connectivity index is 2.24. The number of aliphatic hydroxyl groups excluding tert-OH is 2. The van der Waals surface area contributed by atoms with Crippen molar-refractivity contribution in [2.75, 3.05) is 0 Å². The maximum absolute atomic E-state index is 10.7. The summed E-state index contributed by atoms with van der Waals surface area (Å²) in [4.78, 5) is 21.3. The Morgan fingerprint density at radius 1 is 0.917 bits per heavy atom. The maximum atomic E-state index is 10.7. The van der Waals surface area contributed by atoms with Gasteiger partial charge in [-0.25, -0.2) is 9.59 Å². The van der Waals surface area contributed by atoms with E-state index >= 15 is 0 Å². The molecule has 0 aromatic carbocycles. The fourth-order valence-corrected chi connectivity index (χ4v) is 1.30. The van der Waals surface area contributed by atoms with Crippen LogP contribution >= 0.6 is 0 Å². The highest BCUT2D eigenvalue weighted by molar-refractivity contribution is 5.85. The van der Waals surface area contributed by atoms with Crippen LogP contribution < -0.4 is 0 Å². The molecule has 4 atom stereocenters. The van der Waals surface area contributed by atoms with Gasteiger partial charge in [0.2, 0.25) is 0 Å². The molecule has 6 nitrogen and oxygen atoms in total. The summed E-state index contributed by atoms with van der Waals surface area (Å²) < 4.78 is 8.99. The van der Waals surface area contributed by atoms with Gasteiger partial charge in [-0.3, -0.25) is 0 Å². The first-order valence-electron chi connectivity index (χ1n) is 3.38. The lowest BCUT2D eigenvalue weighted by atomic mass is 10.1. The summed E-state index contributed by atoms with van der Waals surface area (Å²) in [5.74, 6) is -1.73. The van der Waals surface area contributed by atoms with Gasteiger partial charge in [0.05, 0.1) is 0 Å². The summed E-state index contributed by atoms with van der Waals surface area (Å²) in [5, 5.41) is 18.1. The Kier molecular flexibility index (Phi) is 1.36. The van der Waals surface area contributed by atoms with Gasteiger partial charge in [-0.2, -0.15) is 0 Å². The van der Waals surface area contributed by atoms with Crippen molar-refractivity contribution in [3.05, 3.63) is 0 Å². The monoisotopic (exact) mass is 174 g/mol. The number of carbonyl (C=O) groups excluding carboxylic acids is 2. The lowest BCUT2D eigenvalue weighted by Crippen LogP contribution is -2.31. The van der Waals surface area contributed by atoms with Crippen molar-refractivity contribution >= 4 is 11.9 Å². The number of carbonyl (C=O) groups is 2. The Hall–Kier alpha value is -1.14. The van der Waals surface area contributed by atoms with Crippen LogP contribution in [0.2, 0.25) is 0 Å². The van der Waals surface area contributed by atoms with E-state index in [1.165, 1.54) is 0 Å². The van der Waals surface area contributed by atoms with Gasteiger partial charge in [0.25, 0.3) is 0 Å². The first kappa shape index (κ1) is 7.51. The van der Waals surface area contributed by atoms with Crippen LogP contribution in [-0.4, -0.2) is 46.6 Å². The van der Waals surface area contributed by atoms with Crippen LogP contribution in [0.5, 0.6) is 0 Å². The molecule has 0 unspecified atom stereocenters. The molecule has 0 aromatic rings. The number of esters is 2. The molecule has 2 aliphatic rings. The lowest BCUT2D eigenvalue weighted by molar-refractivity contribution is -0.159. The van der Waals surface area contributed by atoms with Gasteiger partial charge < -0.3 is 19.7 Å². The van der Waals surface area contributed by atoms with E-state index in [0.717, 1.165) is 0 Å². The fourth-order valence-electron chi connectivity index (χ4n) is 1.30. The molecular formula is C6H6O6. The van der Waals surface area contributed by atoms with E-state index in [4.69, 9.17) is 10.2 Å². The molecule has 6 heteroatoms. The second-order valence-electron chi connectivity index (χ2n) is 2.69. The molecule has 2 aliphatic heterocycles. The van der Waals surface area contributed by atoms with Crippen molar-refractivity contribution in [3.8, 4) is 0 Å². The number of ether oxygens (including phenoxy) is 2. The molecule has 2 rings (SSSR count). The number of hydrogen-bond acceptors (Lipinski definition) is 6. The molecule has 0 bridgehead atoms. The van der Waals surface area contributed by atoms with E-state index in [9.17, 15) is 9.59 Å². The predicted octanol–water partition coefficient (Wildman–Crippen LogP) is -2.44. The first-order chi connectivity index (χ1) is 5.61. The summed E-state index contributed by atoms with van der Waals surface area (Å²) >= 11 is 0. The minimum atomic E-state index is -1.46. The van der Waals surface area contributed by atoms with Gasteiger partial charge in [0.15, 0.2) is 24.4 Å². The van der Waals surface area contributed by atoms with Crippen molar-refractivity contribution in [1.82, 2.24) is 0 Å². The molecule has 66 valence electrons. The van der Waals surface area contributed by atoms with Gasteiger partial charge in [0.1, 0.15) is 0 Å². The van der Waals surface area contributed by atoms with Crippen LogP contribution in [-0.2, 0) is 19.1 Å². The largest absolute Gasteiger partial charge is 0.453 e. The molecule has 12 heavy (non-hydrogen) atoms. The van der Waals surface area contributed by atoms with Gasteiger partial charge in [0, 0.05) is 0 Å². The van der Waals surface area contributed by atoms with E-state index in [0.29, 0.717) is 0 Å². The number of fused-ring (bicyclic) bond motifs is 1. The fraction of sp³-hybridized carbons (Fsp3) is 0.667. The molecule has 0 aliphatic carbocycles. The molecule has 2 heterocycles. The highest BCUT2D eigenvalue weighted by Gasteiger charge is 2.57. The van der Waals surface area contributed by atoms with Crippen LogP contribution in [0.4, 0.5) is 0 Å². The SMILES string of the molecule is O=C1O[C@H]2[C@H](OC(=O)[C@@H]2O)[C@H]1O. The van der Waals surface area contributed by atoms with Crippen LogP contribution in [0.1, 0.15) is 0 Å². The highest BCUT2D eigenvalue weighted by atomic mass is 16.7. The van der Waals surface area contributed by atoms with Crippen molar-refractivity contribution in [2.45, 2.75) is 24.4 Å². The standard InChI is InChI=1S/C6H6O6/c7-1-3-4(12-5(1)9)2(8)6(10)11-3/h1-4,7-8H/t1-,2-,3-,4-/m1/s1. The lowest BCUT2D eigenvalue weighted by Gasteiger charge is -2.05. The Bertz CT molecular complexity index is 222. The van der Waals surface area contributed by atoms with E-state index in [-0.39, 0.29) is 0 Å². The maximum Gasteiger partial charge on any atom is 0.339 e. The zero-order valence-electron chi connectivity index (χ0n) is 5.84. The molecule has 2 fully saturated rings. The number of hydrogen-bond donors (Lipinski definition) is 2. The Morgan fingerprint density at radius 3 is 1.58 bits per heavy atom. The predicted molar refractivity (Wildman–Crippen MR) is 31.8 cm³/mol. The summed E-state index contributed by atoms with van der Waals surface area (Å²) in [7, 11) is 0. The molecule has 0 saturated carbocycles. The second kappa shape index (κ2) is 2.18. The van der Waals surface area contributed by atoms with Crippen LogP contribution in [0.3, 0.4) is 0 Å². The smallest absolute Gasteiger partial charge is 0.339 e. The van der Waals surface area contributed by atoms with Crippen molar-refractivity contribution < 1.29 is 29.3 Å². The number of aliphatic hydroxyl groups is 2. The summed E-state index contributed by atoms with van der Waals surface area (Å²) in [6.45, 7) is 0. The molecule has 0 radical (unpaired) electrons. The van der Waals surface area contributed by atoms with E-state index in [1.54, 1.807) is 0 Å². The average molecular weight is 174 g/mol. The first-order valence-corrected chi connectivity index (χ1v) is 3.38. The van der Waals surface area contributed by atoms with Crippen molar-refractivity contribution in [3.63, 3.8) is 0 Å². The zero-order chi connectivity index (χ0) is 8.88. The normalized spacial score (nSPS) is 45.5.